The first-order valence-corrected chi connectivity index (χ1v) is 5.09. The van der Waals surface area contributed by atoms with E-state index in [9.17, 15) is 0 Å². The van der Waals surface area contributed by atoms with Gasteiger partial charge in [-0.15, -0.1) is 0 Å². The smallest absolute Gasteiger partial charge is 0.00369 e. The maximum atomic E-state index is 4.89. The van der Waals surface area contributed by atoms with Gasteiger partial charge in [-0.3, -0.25) is 0 Å². The first-order chi connectivity index (χ1) is 4.93. The van der Waals surface area contributed by atoms with Crippen LogP contribution in [0.4, 0.5) is 0 Å². The quantitative estimate of drug-likeness (QED) is 0.547. The molecule has 59 valence electrons. The van der Waals surface area contributed by atoms with E-state index < -0.39 is 0 Å². The monoisotopic (exact) mass is 157 g/mol. The number of hydrogen-bond donors (Lipinski definition) is 0. The third kappa shape index (κ3) is 2.96. The van der Waals surface area contributed by atoms with Gasteiger partial charge in [-0.05, 0) is 12.3 Å². The fourth-order valence-electron chi connectivity index (χ4n) is 1.83. The molecule has 0 spiro atoms. The first kappa shape index (κ1) is 8.45. The molecule has 0 aromatic heterocycles. The van der Waals surface area contributed by atoms with Gasteiger partial charge >= 0.3 is 0 Å². The van der Waals surface area contributed by atoms with Gasteiger partial charge < -0.3 is 0 Å². The summed E-state index contributed by atoms with van der Waals surface area (Å²) in [5.41, 5.74) is 0. The Labute approximate surface area is 69.8 Å². The van der Waals surface area contributed by atoms with Crippen molar-refractivity contribution < 1.29 is 0 Å². The molecule has 0 aliphatic heterocycles. The Balaban J connectivity index is 1.91. The Morgan fingerprint density at radius 2 is 1.80 bits per heavy atom. The Hall–Kier alpha value is 0.350. The Morgan fingerprint density at radius 3 is 2.40 bits per heavy atom. The standard InChI is InChI=1S/C9H17S/c10-8-4-3-7-9-5-1-2-6-9/h9H,1-8H2. The van der Waals surface area contributed by atoms with Crippen molar-refractivity contribution in [3.8, 4) is 0 Å². The lowest BCUT2D eigenvalue weighted by molar-refractivity contribution is 0.481. The lowest BCUT2D eigenvalue weighted by atomic mass is 10.0. The normalized spacial score (nSPS) is 20.1. The molecule has 1 radical (unpaired) electrons. The van der Waals surface area contributed by atoms with Crippen molar-refractivity contribution >= 4 is 12.6 Å². The van der Waals surface area contributed by atoms with Gasteiger partial charge in [0.15, 0.2) is 0 Å². The van der Waals surface area contributed by atoms with Crippen LogP contribution in [0.3, 0.4) is 0 Å². The molecule has 1 saturated carbocycles. The summed E-state index contributed by atoms with van der Waals surface area (Å²) in [7, 11) is 0. The second kappa shape index (κ2) is 5.06. The number of unbranched alkanes of at least 4 members (excludes halogenated alkanes) is 1. The van der Waals surface area contributed by atoms with Crippen LogP contribution in [0.25, 0.3) is 0 Å². The molecular weight excluding hydrogens is 140 g/mol. The Kier molecular flexibility index (Phi) is 4.27. The Morgan fingerprint density at radius 1 is 1.10 bits per heavy atom. The number of rotatable bonds is 4. The zero-order chi connectivity index (χ0) is 7.23. The van der Waals surface area contributed by atoms with Crippen LogP contribution in [0.15, 0.2) is 0 Å². The molecular formula is C9H17S. The second-order valence-corrected chi connectivity index (χ2v) is 3.76. The molecule has 1 aliphatic carbocycles. The molecule has 10 heavy (non-hydrogen) atoms. The van der Waals surface area contributed by atoms with E-state index in [2.05, 4.69) is 0 Å². The minimum Gasteiger partial charge on any atom is -0.0942 e. The fraction of sp³-hybridized carbons (Fsp3) is 1.00. The molecule has 0 unspecified atom stereocenters. The molecule has 1 rings (SSSR count). The van der Waals surface area contributed by atoms with Crippen molar-refractivity contribution in [2.75, 3.05) is 5.75 Å². The zero-order valence-electron chi connectivity index (χ0n) is 6.64. The van der Waals surface area contributed by atoms with Gasteiger partial charge in [0.1, 0.15) is 0 Å². The lowest BCUT2D eigenvalue weighted by Crippen LogP contribution is -1.92. The van der Waals surface area contributed by atoms with E-state index >= 15 is 0 Å². The molecule has 0 aromatic rings. The highest BCUT2D eigenvalue weighted by molar-refractivity contribution is 7.80. The summed E-state index contributed by atoms with van der Waals surface area (Å²) in [6, 6.07) is 0. The van der Waals surface area contributed by atoms with Crippen molar-refractivity contribution in [1.82, 2.24) is 0 Å². The first-order valence-electron chi connectivity index (χ1n) is 4.51. The van der Waals surface area contributed by atoms with E-state index in [1.807, 2.05) is 0 Å². The summed E-state index contributed by atoms with van der Waals surface area (Å²) in [4.78, 5) is 0. The minimum atomic E-state index is 0.965. The van der Waals surface area contributed by atoms with Crippen molar-refractivity contribution in [3.63, 3.8) is 0 Å². The summed E-state index contributed by atoms with van der Waals surface area (Å²) in [5.74, 6) is 2.04. The average molecular weight is 157 g/mol. The molecule has 0 amide bonds. The van der Waals surface area contributed by atoms with Crippen molar-refractivity contribution in [2.45, 2.75) is 44.9 Å². The van der Waals surface area contributed by atoms with Gasteiger partial charge in [-0.1, -0.05) is 51.2 Å². The molecule has 0 N–H and O–H groups in total. The van der Waals surface area contributed by atoms with E-state index in [0.717, 1.165) is 11.7 Å². The van der Waals surface area contributed by atoms with Crippen LogP contribution in [-0.2, 0) is 0 Å². The van der Waals surface area contributed by atoms with Crippen molar-refractivity contribution in [2.24, 2.45) is 5.92 Å². The minimum absolute atomic E-state index is 0.965. The van der Waals surface area contributed by atoms with Crippen LogP contribution in [0.5, 0.6) is 0 Å². The summed E-state index contributed by atoms with van der Waals surface area (Å²) < 4.78 is 0. The maximum absolute atomic E-state index is 4.89. The molecule has 0 bridgehead atoms. The molecule has 0 nitrogen and oxygen atoms in total. The molecule has 1 heteroatoms. The molecule has 1 aliphatic rings. The second-order valence-electron chi connectivity index (χ2n) is 3.35. The fourth-order valence-corrected chi connectivity index (χ4v) is 2.04. The van der Waals surface area contributed by atoms with Crippen LogP contribution in [-0.4, -0.2) is 5.75 Å². The molecule has 0 atom stereocenters. The van der Waals surface area contributed by atoms with Crippen LogP contribution >= 0.6 is 12.6 Å². The summed E-state index contributed by atoms with van der Waals surface area (Å²) >= 11 is 4.89. The van der Waals surface area contributed by atoms with Gasteiger partial charge in [-0.2, -0.15) is 0 Å². The SMILES string of the molecule is [S]CCCCC1CCCC1. The van der Waals surface area contributed by atoms with Gasteiger partial charge in [0.2, 0.25) is 0 Å². The van der Waals surface area contributed by atoms with Crippen LogP contribution in [0.2, 0.25) is 0 Å². The summed E-state index contributed by atoms with van der Waals surface area (Å²) in [6.45, 7) is 0. The predicted octanol–water partition coefficient (Wildman–Crippen LogP) is 3.54. The zero-order valence-corrected chi connectivity index (χ0v) is 7.46. The van der Waals surface area contributed by atoms with E-state index in [1.54, 1.807) is 0 Å². The molecule has 0 aromatic carbocycles. The highest BCUT2D eigenvalue weighted by atomic mass is 32.1. The maximum Gasteiger partial charge on any atom is 0.00369 e. The largest absolute Gasteiger partial charge is 0.0942 e. The third-order valence-corrected chi connectivity index (χ3v) is 2.77. The highest BCUT2D eigenvalue weighted by Gasteiger charge is 2.13. The third-order valence-electron chi connectivity index (χ3n) is 2.48. The van der Waals surface area contributed by atoms with Gasteiger partial charge in [0, 0.05) is 5.75 Å². The van der Waals surface area contributed by atoms with Crippen molar-refractivity contribution in [3.05, 3.63) is 0 Å². The summed E-state index contributed by atoms with van der Waals surface area (Å²) in [5, 5.41) is 0. The van der Waals surface area contributed by atoms with Gasteiger partial charge in [0.25, 0.3) is 0 Å². The van der Waals surface area contributed by atoms with Gasteiger partial charge in [0.05, 0.1) is 0 Å². The average Bonchev–Trinajstić information content (AvgIpc) is 2.41. The van der Waals surface area contributed by atoms with E-state index in [1.165, 1.54) is 44.9 Å². The Bertz CT molecular complexity index is 74.8. The summed E-state index contributed by atoms with van der Waals surface area (Å²) in [6.07, 6.45) is 10.1. The highest BCUT2D eigenvalue weighted by Crippen LogP contribution is 2.28. The van der Waals surface area contributed by atoms with E-state index in [-0.39, 0.29) is 0 Å². The predicted molar refractivity (Wildman–Crippen MR) is 48.3 cm³/mol. The lowest BCUT2D eigenvalue weighted by Gasteiger charge is -2.06. The molecule has 1 fully saturated rings. The van der Waals surface area contributed by atoms with Crippen LogP contribution in [0, 0.1) is 5.92 Å². The van der Waals surface area contributed by atoms with E-state index in [0.29, 0.717) is 0 Å². The van der Waals surface area contributed by atoms with Crippen LogP contribution < -0.4 is 0 Å². The molecule has 0 saturated heterocycles. The number of hydrogen-bond acceptors (Lipinski definition) is 0. The van der Waals surface area contributed by atoms with E-state index in [4.69, 9.17) is 12.6 Å². The topological polar surface area (TPSA) is 0 Å². The van der Waals surface area contributed by atoms with Crippen LogP contribution in [0.1, 0.15) is 44.9 Å². The van der Waals surface area contributed by atoms with Crippen molar-refractivity contribution in [1.29, 1.82) is 0 Å². The molecule has 0 heterocycles. The van der Waals surface area contributed by atoms with Gasteiger partial charge in [-0.25, -0.2) is 0 Å².